The highest BCUT2D eigenvalue weighted by Crippen LogP contribution is 2.38. The Labute approximate surface area is 223 Å². The number of alkyl halides is 3. The average molecular weight is 529 g/mol. The number of benzene rings is 1. The van der Waals surface area contributed by atoms with Crippen LogP contribution in [0.1, 0.15) is 88.2 Å². The highest BCUT2D eigenvalue weighted by Gasteiger charge is 2.39. The molecule has 0 fully saturated rings. The first-order valence-electron chi connectivity index (χ1n) is 13.2. The fraction of sp³-hybridized carbons (Fsp3) is 0.467. The van der Waals surface area contributed by atoms with Crippen LogP contribution >= 0.6 is 0 Å². The molecule has 3 rings (SSSR count). The molecule has 2 aromatic rings. The van der Waals surface area contributed by atoms with Gasteiger partial charge in [0.05, 0.1) is 28.9 Å². The Balaban J connectivity index is 2.02. The van der Waals surface area contributed by atoms with Crippen LogP contribution in [0.4, 0.5) is 19.0 Å². The van der Waals surface area contributed by atoms with Crippen LogP contribution < -0.4 is 10.6 Å². The maximum atomic E-state index is 13.9. The van der Waals surface area contributed by atoms with Gasteiger partial charge in [-0.1, -0.05) is 69.7 Å². The van der Waals surface area contributed by atoms with Gasteiger partial charge in [-0.2, -0.15) is 18.3 Å². The molecule has 0 aliphatic carbocycles. The number of amides is 1. The Morgan fingerprint density at radius 3 is 2.32 bits per heavy atom. The van der Waals surface area contributed by atoms with Crippen molar-refractivity contribution in [1.29, 1.82) is 0 Å². The molecule has 1 aromatic heterocycles. The third kappa shape index (κ3) is 6.05. The lowest BCUT2D eigenvalue weighted by Gasteiger charge is -2.39. The van der Waals surface area contributed by atoms with Crippen LogP contribution in [0.15, 0.2) is 66.9 Å². The standard InChI is InChI=1S/C30H39F3N4O/c1-7-11-21(12-8-2)25-19-28(5,6)37-26(35-25)24(20-34-37)27(38)36-29(17-9-3,18-10-4)22-13-15-23(16-14-22)30(31,32)33/h7-8,11-16,20,25,35H,1,9-10,17-19H2,2-6H3,(H,36,38)/b12-8-,21-11+. The Morgan fingerprint density at radius 1 is 1.18 bits per heavy atom. The molecule has 38 heavy (non-hydrogen) atoms. The van der Waals surface area contributed by atoms with Crippen molar-refractivity contribution >= 4 is 11.7 Å². The van der Waals surface area contributed by atoms with Crippen molar-refractivity contribution in [3.05, 3.63) is 83.6 Å². The van der Waals surface area contributed by atoms with Crippen molar-refractivity contribution in [2.75, 3.05) is 5.32 Å². The first-order chi connectivity index (χ1) is 17.9. The Kier molecular flexibility index (Phi) is 8.95. The maximum Gasteiger partial charge on any atom is 0.416 e. The predicted octanol–water partition coefficient (Wildman–Crippen LogP) is 7.74. The second-order valence-electron chi connectivity index (χ2n) is 10.5. The van der Waals surface area contributed by atoms with Gasteiger partial charge < -0.3 is 10.6 Å². The maximum absolute atomic E-state index is 13.9. The Bertz CT molecular complexity index is 1180. The van der Waals surface area contributed by atoms with E-state index in [2.05, 4.69) is 36.2 Å². The second-order valence-corrected chi connectivity index (χ2v) is 10.5. The molecule has 1 unspecified atom stereocenters. The predicted molar refractivity (Wildman–Crippen MR) is 147 cm³/mol. The van der Waals surface area contributed by atoms with Gasteiger partial charge in [0.2, 0.25) is 0 Å². The van der Waals surface area contributed by atoms with E-state index >= 15 is 0 Å². The topological polar surface area (TPSA) is 59.0 Å². The zero-order valence-corrected chi connectivity index (χ0v) is 23.0. The number of hydrogen-bond acceptors (Lipinski definition) is 3. The number of hydrogen-bond donors (Lipinski definition) is 2. The number of nitrogens with zero attached hydrogens (tertiary/aromatic N) is 2. The molecule has 1 aliphatic rings. The van der Waals surface area contributed by atoms with Crippen molar-refractivity contribution in [1.82, 2.24) is 15.1 Å². The van der Waals surface area contributed by atoms with E-state index in [1.807, 2.05) is 43.7 Å². The molecule has 0 spiro atoms. The number of aromatic nitrogens is 2. The molecule has 2 N–H and O–H groups in total. The number of anilines is 1. The lowest BCUT2D eigenvalue weighted by Crippen LogP contribution is -2.47. The van der Waals surface area contributed by atoms with E-state index < -0.39 is 17.3 Å². The summed E-state index contributed by atoms with van der Waals surface area (Å²) in [6.07, 6.45) is 8.30. The van der Waals surface area contributed by atoms with Crippen LogP contribution in [0.5, 0.6) is 0 Å². The van der Waals surface area contributed by atoms with Crippen molar-refractivity contribution in [3.63, 3.8) is 0 Å². The van der Waals surface area contributed by atoms with E-state index in [1.165, 1.54) is 12.1 Å². The normalized spacial score (nSPS) is 17.7. The Morgan fingerprint density at radius 2 is 1.79 bits per heavy atom. The fourth-order valence-corrected chi connectivity index (χ4v) is 5.46. The molecule has 5 nitrogen and oxygen atoms in total. The molecule has 0 bridgehead atoms. The second kappa shape index (κ2) is 11.6. The summed E-state index contributed by atoms with van der Waals surface area (Å²) in [4.78, 5) is 13.9. The SMILES string of the molecule is C=C/C=C(\C=C/C)C1CC(C)(C)n2ncc(C(=O)NC(CCC)(CCC)c3ccc(C(F)(F)F)cc3)c2N1. The van der Waals surface area contributed by atoms with E-state index in [0.717, 1.165) is 37.0 Å². The molecule has 1 atom stereocenters. The van der Waals surface area contributed by atoms with Gasteiger partial charge in [-0.3, -0.25) is 4.79 Å². The highest BCUT2D eigenvalue weighted by atomic mass is 19.4. The average Bonchev–Trinajstić information content (AvgIpc) is 3.29. The smallest absolute Gasteiger partial charge is 0.363 e. The lowest BCUT2D eigenvalue weighted by molar-refractivity contribution is -0.137. The third-order valence-electron chi connectivity index (χ3n) is 7.14. The molecule has 1 aromatic carbocycles. The van der Waals surface area contributed by atoms with Gasteiger partial charge in [0, 0.05) is 0 Å². The van der Waals surface area contributed by atoms with Crippen molar-refractivity contribution in [3.8, 4) is 0 Å². The van der Waals surface area contributed by atoms with Crippen LogP contribution in [-0.4, -0.2) is 21.7 Å². The summed E-state index contributed by atoms with van der Waals surface area (Å²) in [6, 6.07) is 5.10. The Hall–Kier alpha value is -3.29. The summed E-state index contributed by atoms with van der Waals surface area (Å²) >= 11 is 0. The highest BCUT2D eigenvalue weighted by molar-refractivity contribution is 5.99. The molecule has 1 amide bonds. The fourth-order valence-electron chi connectivity index (χ4n) is 5.46. The molecule has 8 heteroatoms. The number of allylic oxidation sites excluding steroid dienone is 3. The summed E-state index contributed by atoms with van der Waals surface area (Å²) in [5.41, 5.74) is 0.252. The number of fused-ring (bicyclic) bond motifs is 1. The first kappa shape index (κ1) is 29.3. The lowest BCUT2D eigenvalue weighted by atomic mass is 9.81. The summed E-state index contributed by atoms with van der Waals surface area (Å²) in [6.45, 7) is 14.0. The van der Waals surface area contributed by atoms with E-state index in [-0.39, 0.29) is 17.5 Å². The summed E-state index contributed by atoms with van der Waals surface area (Å²) in [5.74, 6) is 0.315. The third-order valence-corrected chi connectivity index (χ3v) is 7.14. The quantitative estimate of drug-likeness (QED) is 0.310. The molecule has 206 valence electrons. The largest absolute Gasteiger partial charge is 0.416 e. The van der Waals surface area contributed by atoms with E-state index in [0.29, 0.717) is 29.8 Å². The number of rotatable bonds is 10. The van der Waals surface area contributed by atoms with Gasteiger partial charge in [0.25, 0.3) is 5.91 Å². The molecular formula is C30H39F3N4O. The molecule has 2 heterocycles. The number of nitrogens with one attached hydrogen (secondary N) is 2. The number of carbonyl (C=O) groups excluding carboxylic acids is 1. The van der Waals surface area contributed by atoms with Crippen LogP contribution in [0, 0.1) is 0 Å². The van der Waals surface area contributed by atoms with Crippen LogP contribution in [0.25, 0.3) is 0 Å². The zero-order valence-electron chi connectivity index (χ0n) is 23.0. The minimum Gasteiger partial charge on any atom is -0.363 e. The van der Waals surface area contributed by atoms with E-state index in [4.69, 9.17) is 0 Å². The van der Waals surface area contributed by atoms with Crippen LogP contribution in [0.3, 0.4) is 0 Å². The zero-order chi connectivity index (χ0) is 28.1. The minimum atomic E-state index is -4.42. The van der Waals surface area contributed by atoms with Gasteiger partial charge >= 0.3 is 6.18 Å². The number of carbonyl (C=O) groups is 1. The van der Waals surface area contributed by atoms with Gasteiger partial charge in [-0.15, -0.1) is 0 Å². The molecule has 1 aliphatic heterocycles. The molecule has 0 radical (unpaired) electrons. The van der Waals surface area contributed by atoms with E-state index in [9.17, 15) is 18.0 Å². The molecule has 0 saturated carbocycles. The number of halogens is 3. The van der Waals surface area contributed by atoms with E-state index in [1.54, 1.807) is 12.3 Å². The van der Waals surface area contributed by atoms with Crippen molar-refractivity contribution in [2.24, 2.45) is 0 Å². The van der Waals surface area contributed by atoms with Crippen LogP contribution in [-0.2, 0) is 17.3 Å². The van der Waals surface area contributed by atoms with Crippen LogP contribution in [0.2, 0.25) is 0 Å². The van der Waals surface area contributed by atoms with Crippen molar-refractivity contribution < 1.29 is 18.0 Å². The van der Waals surface area contributed by atoms with Gasteiger partial charge in [0.1, 0.15) is 11.4 Å². The first-order valence-corrected chi connectivity index (χ1v) is 13.2. The van der Waals surface area contributed by atoms with Gasteiger partial charge in [-0.05, 0) is 63.3 Å². The van der Waals surface area contributed by atoms with Gasteiger partial charge in [0.15, 0.2) is 0 Å². The molecule has 0 saturated heterocycles. The monoisotopic (exact) mass is 528 g/mol. The molecular weight excluding hydrogens is 489 g/mol. The van der Waals surface area contributed by atoms with Gasteiger partial charge in [-0.25, -0.2) is 4.68 Å². The summed E-state index contributed by atoms with van der Waals surface area (Å²) in [5, 5.41) is 11.3. The van der Waals surface area contributed by atoms with Crippen molar-refractivity contribution in [2.45, 2.75) is 90.0 Å². The summed E-state index contributed by atoms with van der Waals surface area (Å²) < 4.78 is 41.5. The summed E-state index contributed by atoms with van der Waals surface area (Å²) in [7, 11) is 0. The minimum absolute atomic E-state index is 0.0547.